The zero-order chi connectivity index (χ0) is 21.4. The van der Waals surface area contributed by atoms with Crippen LogP contribution in [0.15, 0.2) is 48.9 Å². The van der Waals surface area contributed by atoms with Crippen LogP contribution in [0.4, 0.5) is 5.69 Å². The average molecular weight is 540 g/mol. The minimum absolute atomic E-state index is 0.360. The molecule has 6 nitrogen and oxygen atoms in total. The molecular formula is C23H21IN6S. The highest BCUT2D eigenvalue weighted by Gasteiger charge is 2.20. The van der Waals surface area contributed by atoms with E-state index in [4.69, 9.17) is 0 Å². The maximum atomic E-state index is 9.76. The summed E-state index contributed by atoms with van der Waals surface area (Å²) in [6.07, 6.45) is 7.76. The molecule has 0 saturated carbocycles. The van der Waals surface area contributed by atoms with Gasteiger partial charge < -0.3 is 10.2 Å². The lowest BCUT2D eigenvalue weighted by Gasteiger charge is -2.30. The standard InChI is InChI=1S/C23H21IN6S/c1-29-9-6-17(7-10-29)28-22-16(12-25)13-27-21-5-4-15(11-19(21)22)20-14-30(31-24)23-18(20)3-2-8-26-23/h2-5,8,11,13-14,17H,6-7,9-10H2,1H3,(H,27,28). The van der Waals surface area contributed by atoms with Crippen LogP contribution in [-0.2, 0) is 0 Å². The van der Waals surface area contributed by atoms with Gasteiger partial charge in [-0.25, -0.2) is 4.98 Å². The molecular weight excluding hydrogens is 519 g/mol. The van der Waals surface area contributed by atoms with Crippen LogP contribution in [-0.4, -0.2) is 45.0 Å². The van der Waals surface area contributed by atoms with Crippen LogP contribution < -0.4 is 5.32 Å². The molecule has 5 rings (SSSR count). The third-order valence-electron chi connectivity index (χ3n) is 5.97. The van der Waals surface area contributed by atoms with Gasteiger partial charge in [0.1, 0.15) is 6.07 Å². The number of benzene rings is 1. The molecule has 8 heteroatoms. The molecule has 1 aliphatic heterocycles. The Hall–Kier alpha value is -2.35. The van der Waals surface area contributed by atoms with E-state index in [1.54, 1.807) is 15.3 Å². The summed E-state index contributed by atoms with van der Waals surface area (Å²) in [7, 11) is 3.76. The number of likely N-dealkylation sites (tertiary alicyclic amines) is 1. The quantitative estimate of drug-likeness (QED) is 0.346. The third kappa shape index (κ3) is 3.86. The number of aromatic nitrogens is 3. The molecule has 156 valence electrons. The first kappa shape index (κ1) is 20.5. The maximum absolute atomic E-state index is 9.76. The van der Waals surface area contributed by atoms with Crippen molar-refractivity contribution in [2.45, 2.75) is 18.9 Å². The second-order valence-corrected chi connectivity index (χ2v) is 9.64. The number of fused-ring (bicyclic) bond motifs is 2. The van der Waals surface area contributed by atoms with Gasteiger partial charge in [-0.3, -0.25) is 8.96 Å². The molecule has 0 bridgehead atoms. The Labute approximate surface area is 197 Å². The number of nitriles is 1. The topological polar surface area (TPSA) is 69.8 Å². The first-order valence-electron chi connectivity index (χ1n) is 10.2. The maximum Gasteiger partial charge on any atom is 0.151 e. The van der Waals surface area contributed by atoms with E-state index in [2.05, 4.69) is 82.9 Å². The van der Waals surface area contributed by atoms with E-state index in [1.165, 1.54) is 0 Å². The number of anilines is 1. The molecule has 0 unspecified atom stereocenters. The van der Waals surface area contributed by atoms with Gasteiger partial charge in [-0.1, -0.05) is 6.07 Å². The largest absolute Gasteiger partial charge is 0.381 e. The average Bonchev–Trinajstić information content (AvgIpc) is 3.19. The van der Waals surface area contributed by atoms with Crippen molar-refractivity contribution >= 4 is 57.9 Å². The van der Waals surface area contributed by atoms with Crippen LogP contribution >= 0.6 is 30.3 Å². The third-order valence-corrected chi connectivity index (χ3v) is 7.67. The Balaban J connectivity index is 1.63. The number of piperidine rings is 1. The lowest BCUT2D eigenvalue weighted by atomic mass is 10.00. The predicted octanol–water partition coefficient (Wildman–Crippen LogP) is 5.48. The summed E-state index contributed by atoms with van der Waals surface area (Å²) >= 11 is 2.28. The van der Waals surface area contributed by atoms with E-state index in [-0.39, 0.29) is 0 Å². The highest BCUT2D eigenvalue weighted by molar-refractivity contribution is 14.2. The molecule has 0 radical (unpaired) electrons. The Morgan fingerprint density at radius 2 is 2.03 bits per heavy atom. The fourth-order valence-electron chi connectivity index (χ4n) is 4.27. The normalized spacial score (nSPS) is 15.4. The van der Waals surface area contributed by atoms with Crippen molar-refractivity contribution in [3.63, 3.8) is 0 Å². The van der Waals surface area contributed by atoms with Crippen molar-refractivity contribution < 1.29 is 0 Å². The van der Waals surface area contributed by atoms with Crippen molar-refractivity contribution in [1.29, 1.82) is 5.26 Å². The minimum Gasteiger partial charge on any atom is -0.381 e. The number of hydrogen-bond donors (Lipinski definition) is 1. The number of pyridine rings is 2. The number of nitrogens with zero attached hydrogens (tertiary/aromatic N) is 5. The smallest absolute Gasteiger partial charge is 0.151 e. The molecule has 0 amide bonds. The van der Waals surface area contributed by atoms with Crippen molar-refractivity contribution in [3.05, 3.63) is 54.5 Å². The molecule has 1 fully saturated rings. The molecule has 4 heterocycles. The second-order valence-electron chi connectivity index (χ2n) is 7.92. The van der Waals surface area contributed by atoms with Crippen LogP contribution in [0.1, 0.15) is 18.4 Å². The molecule has 3 aromatic heterocycles. The lowest BCUT2D eigenvalue weighted by Crippen LogP contribution is -2.36. The summed E-state index contributed by atoms with van der Waals surface area (Å²) < 4.78 is 2.08. The first-order valence-corrected chi connectivity index (χ1v) is 13.5. The van der Waals surface area contributed by atoms with Crippen molar-refractivity contribution in [1.82, 2.24) is 18.8 Å². The molecule has 1 aromatic carbocycles. The van der Waals surface area contributed by atoms with Crippen LogP contribution in [0.2, 0.25) is 0 Å². The lowest BCUT2D eigenvalue weighted by molar-refractivity contribution is 0.264. The van der Waals surface area contributed by atoms with Gasteiger partial charge in [-0.2, -0.15) is 5.26 Å². The van der Waals surface area contributed by atoms with E-state index < -0.39 is 0 Å². The highest BCUT2D eigenvalue weighted by atomic mass is 127. The summed E-state index contributed by atoms with van der Waals surface area (Å²) in [5.41, 5.74) is 5.55. The van der Waals surface area contributed by atoms with Crippen LogP contribution in [0.5, 0.6) is 0 Å². The number of rotatable bonds is 4. The fourth-order valence-corrected chi connectivity index (χ4v) is 5.53. The van der Waals surface area contributed by atoms with Crippen molar-refractivity contribution in [2.24, 2.45) is 0 Å². The second kappa shape index (κ2) is 8.65. The molecule has 0 aliphatic carbocycles. The number of nitrogens with one attached hydrogen (secondary N) is 1. The van der Waals surface area contributed by atoms with E-state index in [9.17, 15) is 5.26 Å². The van der Waals surface area contributed by atoms with Crippen molar-refractivity contribution in [3.8, 4) is 17.2 Å². The molecule has 4 aromatic rings. The van der Waals surface area contributed by atoms with Crippen molar-refractivity contribution in [2.75, 3.05) is 25.5 Å². The van der Waals surface area contributed by atoms with Gasteiger partial charge in [0, 0.05) is 71.3 Å². The summed E-state index contributed by atoms with van der Waals surface area (Å²) in [4.78, 5) is 11.4. The predicted molar refractivity (Wildman–Crippen MR) is 136 cm³/mol. The van der Waals surface area contributed by atoms with Crippen LogP contribution in [0.3, 0.4) is 0 Å². The first-order chi connectivity index (χ1) is 15.2. The van der Waals surface area contributed by atoms with Gasteiger partial charge in [0.25, 0.3) is 0 Å². The summed E-state index contributed by atoms with van der Waals surface area (Å²) in [6, 6.07) is 13.1. The van der Waals surface area contributed by atoms with E-state index >= 15 is 0 Å². The van der Waals surface area contributed by atoms with Gasteiger partial charge in [0.05, 0.1) is 16.8 Å². The number of halogens is 1. The fraction of sp³-hybridized carbons (Fsp3) is 0.261. The Bertz CT molecular complexity index is 1300. The molecule has 1 N–H and O–H groups in total. The van der Waals surface area contributed by atoms with Gasteiger partial charge in [0.2, 0.25) is 0 Å². The van der Waals surface area contributed by atoms with Crippen LogP contribution in [0, 0.1) is 11.3 Å². The zero-order valence-corrected chi connectivity index (χ0v) is 20.0. The highest BCUT2D eigenvalue weighted by Crippen LogP contribution is 2.36. The Kier molecular flexibility index (Phi) is 5.73. The Morgan fingerprint density at radius 1 is 1.19 bits per heavy atom. The Morgan fingerprint density at radius 3 is 2.81 bits per heavy atom. The van der Waals surface area contributed by atoms with E-state index in [0.29, 0.717) is 11.6 Å². The molecule has 0 atom stereocenters. The van der Waals surface area contributed by atoms with Gasteiger partial charge in [-0.15, -0.1) is 0 Å². The van der Waals surface area contributed by atoms with E-state index in [1.807, 2.05) is 18.3 Å². The molecule has 1 aliphatic rings. The summed E-state index contributed by atoms with van der Waals surface area (Å²) in [5.74, 6) is 0. The van der Waals surface area contributed by atoms with E-state index in [0.717, 1.165) is 64.7 Å². The monoisotopic (exact) mass is 540 g/mol. The summed E-state index contributed by atoms with van der Waals surface area (Å²) in [6.45, 7) is 2.13. The molecule has 31 heavy (non-hydrogen) atoms. The SMILES string of the molecule is CN1CCC(Nc2c(C#N)cnc3ccc(-c4cn(SI)c5ncccc45)cc23)CC1. The van der Waals surface area contributed by atoms with Gasteiger partial charge in [0.15, 0.2) is 5.65 Å². The van der Waals surface area contributed by atoms with Gasteiger partial charge >= 0.3 is 0 Å². The number of hydrogen-bond acceptors (Lipinski definition) is 6. The van der Waals surface area contributed by atoms with Gasteiger partial charge in [-0.05, 0) is 62.8 Å². The minimum atomic E-state index is 0.360. The van der Waals surface area contributed by atoms with Crippen LogP contribution in [0.25, 0.3) is 33.1 Å². The summed E-state index contributed by atoms with van der Waals surface area (Å²) in [5, 5.41) is 15.5. The molecule has 1 saturated heterocycles. The molecule has 0 spiro atoms. The zero-order valence-electron chi connectivity index (χ0n) is 17.0.